The summed E-state index contributed by atoms with van der Waals surface area (Å²) in [4.78, 5) is 12.7. The van der Waals surface area contributed by atoms with Crippen molar-refractivity contribution in [2.24, 2.45) is 16.3 Å². The average Bonchev–Trinajstić information content (AvgIpc) is 2.99. The SMILES string of the molecule is CCOc1ccccc1NC(=O)C1(C(N)=NO)CCCC1. The molecule has 1 aromatic rings. The summed E-state index contributed by atoms with van der Waals surface area (Å²) in [5, 5.41) is 14.9. The van der Waals surface area contributed by atoms with Gasteiger partial charge in [0.1, 0.15) is 11.2 Å². The summed E-state index contributed by atoms with van der Waals surface area (Å²) in [6.45, 7) is 2.39. The Labute approximate surface area is 124 Å². The number of anilines is 1. The Morgan fingerprint density at radius 3 is 2.71 bits per heavy atom. The van der Waals surface area contributed by atoms with E-state index in [2.05, 4.69) is 10.5 Å². The molecule has 1 aromatic carbocycles. The molecule has 0 aromatic heterocycles. The molecule has 21 heavy (non-hydrogen) atoms. The van der Waals surface area contributed by atoms with Crippen molar-refractivity contribution in [2.45, 2.75) is 32.6 Å². The summed E-state index contributed by atoms with van der Waals surface area (Å²) in [6.07, 6.45) is 2.95. The van der Waals surface area contributed by atoms with Gasteiger partial charge in [-0.25, -0.2) is 0 Å². The monoisotopic (exact) mass is 291 g/mol. The van der Waals surface area contributed by atoms with E-state index in [1.807, 2.05) is 19.1 Å². The van der Waals surface area contributed by atoms with Crippen LogP contribution in [-0.4, -0.2) is 23.6 Å². The fourth-order valence-corrected chi connectivity index (χ4v) is 2.77. The molecule has 0 atom stereocenters. The predicted octanol–water partition coefficient (Wildman–Crippen LogP) is 2.33. The summed E-state index contributed by atoms with van der Waals surface area (Å²) in [6, 6.07) is 7.24. The van der Waals surface area contributed by atoms with Gasteiger partial charge in [0.15, 0.2) is 5.84 Å². The minimum Gasteiger partial charge on any atom is -0.492 e. The van der Waals surface area contributed by atoms with Crippen molar-refractivity contribution in [1.29, 1.82) is 0 Å². The Bertz CT molecular complexity index is 537. The molecule has 6 nitrogen and oxygen atoms in total. The standard InChI is InChI=1S/C15H21N3O3/c1-2-21-12-8-4-3-7-11(12)17-14(19)15(13(16)18-20)9-5-6-10-15/h3-4,7-8,20H,2,5-6,9-10H2,1H3,(H2,16,18)(H,17,19). The van der Waals surface area contributed by atoms with Crippen LogP contribution in [0.2, 0.25) is 0 Å². The molecule has 1 aliphatic carbocycles. The zero-order valence-corrected chi connectivity index (χ0v) is 12.1. The third-order valence-corrected chi connectivity index (χ3v) is 3.92. The molecule has 0 saturated heterocycles. The second-order valence-electron chi connectivity index (χ2n) is 5.16. The van der Waals surface area contributed by atoms with Crippen LogP contribution in [0.5, 0.6) is 5.75 Å². The molecule has 4 N–H and O–H groups in total. The van der Waals surface area contributed by atoms with Crippen molar-refractivity contribution in [3.63, 3.8) is 0 Å². The number of hydrogen-bond donors (Lipinski definition) is 3. The highest BCUT2D eigenvalue weighted by Gasteiger charge is 2.45. The van der Waals surface area contributed by atoms with Crippen LogP contribution < -0.4 is 15.8 Å². The van der Waals surface area contributed by atoms with Crippen molar-refractivity contribution < 1.29 is 14.7 Å². The van der Waals surface area contributed by atoms with E-state index in [1.165, 1.54) is 0 Å². The van der Waals surface area contributed by atoms with E-state index in [0.717, 1.165) is 12.8 Å². The van der Waals surface area contributed by atoms with E-state index in [4.69, 9.17) is 15.7 Å². The quantitative estimate of drug-likeness (QED) is 0.336. The van der Waals surface area contributed by atoms with Gasteiger partial charge in [0, 0.05) is 0 Å². The molecule has 1 saturated carbocycles. The smallest absolute Gasteiger partial charge is 0.238 e. The zero-order valence-electron chi connectivity index (χ0n) is 12.1. The Kier molecular flexibility index (Phi) is 4.67. The Balaban J connectivity index is 2.24. The molecular weight excluding hydrogens is 270 g/mol. The summed E-state index contributed by atoms with van der Waals surface area (Å²) < 4.78 is 5.49. The van der Waals surface area contributed by atoms with Crippen LogP contribution in [0.25, 0.3) is 0 Å². The lowest BCUT2D eigenvalue weighted by Gasteiger charge is -2.26. The number of benzene rings is 1. The zero-order chi connectivity index (χ0) is 15.3. The van der Waals surface area contributed by atoms with Crippen molar-refractivity contribution in [3.05, 3.63) is 24.3 Å². The minimum atomic E-state index is -0.923. The lowest BCUT2D eigenvalue weighted by Crippen LogP contribution is -2.45. The van der Waals surface area contributed by atoms with Gasteiger partial charge in [0.2, 0.25) is 5.91 Å². The number of hydrogen-bond acceptors (Lipinski definition) is 4. The Morgan fingerprint density at radius 2 is 2.10 bits per heavy atom. The van der Waals surface area contributed by atoms with Crippen LogP contribution in [0, 0.1) is 5.41 Å². The van der Waals surface area contributed by atoms with E-state index in [-0.39, 0.29) is 11.7 Å². The third kappa shape index (κ3) is 2.94. The largest absolute Gasteiger partial charge is 0.492 e. The highest BCUT2D eigenvalue weighted by atomic mass is 16.5. The number of para-hydroxylation sites is 2. The molecule has 0 unspecified atom stereocenters. The summed E-state index contributed by atoms with van der Waals surface area (Å²) in [5.74, 6) is 0.342. The van der Waals surface area contributed by atoms with Gasteiger partial charge < -0.3 is 21.0 Å². The first kappa shape index (κ1) is 15.2. The number of oxime groups is 1. The van der Waals surface area contributed by atoms with Gasteiger partial charge in [0.25, 0.3) is 0 Å². The second-order valence-corrected chi connectivity index (χ2v) is 5.16. The molecule has 0 heterocycles. The summed E-state index contributed by atoms with van der Waals surface area (Å²) in [7, 11) is 0. The normalized spacial score (nSPS) is 17.5. The maximum Gasteiger partial charge on any atom is 0.238 e. The highest BCUT2D eigenvalue weighted by Crippen LogP contribution is 2.40. The van der Waals surface area contributed by atoms with Crippen LogP contribution in [-0.2, 0) is 4.79 Å². The lowest BCUT2D eigenvalue weighted by molar-refractivity contribution is -0.122. The van der Waals surface area contributed by atoms with Gasteiger partial charge in [-0.2, -0.15) is 0 Å². The highest BCUT2D eigenvalue weighted by molar-refractivity contribution is 6.12. The first-order valence-corrected chi connectivity index (χ1v) is 7.15. The molecular formula is C15H21N3O3. The minimum absolute atomic E-state index is 0.0219. The molecule has 2 rings (SSSR count). The number of amides is 1. The predicted molar refractivity (Wildman–Crippen MR) is 80.6 cm³/mol. The second kappa shape index (κ2) is 6.47. The number of nitrogens with zero attached hydrogens (tertiary/aromatic N) is 1. The van der Waals surface area contributed by atoms with Crippen LogP contribution in [0.4, 0.5) is 5.69 Å². The van der Waals surface area contributed by atoms with E-state index >= 15 is 0 Å². The Morgan fingerprint density at radius 1 is 1.43 bits per heavy atom. The number of amidine groups is 1. The molecule has 1 fully saturated rings. The van der Waals surface area contributed by atoms with Crippen LogP contribution >= 0.6 is 0 Å². The molecule has 0 bridgehead atoms. The fraction of sp³-hybridized carbons (Fsp3) is 0.467. The average molecular weight is 291 g/mol. The Hall–Kier alpha value is -2.24. The van der Waals surface area contributed by atoms with Gasteiger partial charge in [-0.05, 0) is 31.9 Å². The summed E-state index contributed by atoms with van der Waals surface area (Å²) >= 11 is 0. The molecule has 0 spiro atoms. The van der Waals surface area contributed by atoms with Crippen LogP contribution in [0.3, 0.4) is 0 Å². The number of carbonyl (C=O) groups is 1. The van der Waals surface area contributed by atoms with E-state index < -0.39 is 5.41 Å². The maximum absolute atomic E-state index is 12.7. The maximum atomic E-state index is 12.7. The number of carbonyl (C=O) groups excluding carboxylic acids is 1. The van der Waals surface area contributed by atoms with Crippen molar-refractivity contribution in [2.75, 3.05) is 11.9 Å². The number of ether oxygens (including phenoxy) is 1. The van der Waals surface area contributed by atoms with Crippen LogP contribution in [0.15, 0.2) is 29.4 Å². The summed E-state index contributed by atoms with van der Waals surface area (Å²) in [5.41, 5.74) is 5.45. The van der Waals surface area contributed by atoms with Gasteiger partial charge in [-0.1, -0.05) is 30.1 Å². The number of nitrogens with two attached hydrogens (primary N) is 1. The molecule has 0 radical (unpaired) electrons. The van der Waals surface area contributed by atoms with E-state index in [0.29, 0.717) is 30.9 Å². The molecule has 0 aliphatic heterocycles. The van der Waals surface area contributed by atoms with Gasteiger partial charge in [0.05, 0.1) is 12.3 Å². The molecule has 114 valence electrons. The van der Waals surface area contributed by atoms with E-state index in [1.54, 1.807) is 12.1 Å². The molecule has 1 amide bonds. The third-order valence-electron chi connectivity index (χ3n) is 3.92. The van der Waals surface area contributed by atoms with Crippen molar-refractivity contribution in [3.8, 4) is 5.75 Å². The molecule has 1 aliphatic rings. The topological polar surface area (TPSA) is 96.9 Å². The van der Waals surface area contributed by atoms with Gasteiger partial charge >= 0.3 is 0 Å². The lowest BCUT2D eigenvalue weighted by atomic mass is 9.83. The first-order valence-electron chi connectivity index (χ1n) is 7.15. The van der Waals surface area contributed by atoms with Gasteiger partial charge in [-0.15, -0.1) is 0 Å². The van der Waals surface area contributed by atoms with Gasteiger partial charge in [-0.3, -0.25) is 4.79 Å². The van der Waals surface area contributed by atoms with Crippen molar-refractivity contribution in [1.82, 2.24) is 0 Å². The van der Waals surface area contributed by atoms with Crippen LogP contribution in [0.1, 0.15) is 32.6 Å². The van der Waals surface area contributed by atoms with Crippen molar-refractivity contribution >= 4 is 17.4 Å². The van der Waals surface area contributed by atoms with E-state index in [9.17, 15) is 4.79 Å². The first-order chi connectivity index (χ1) is 10.1. The number of nitrogens with one attached hydrogen (secondary N) is 1. The fourth-order valence-electron chi connectivity index (χ4n) is 2.77. The molecule has 6 heteroatoms. The number of rotatable bonds is 5.